The van der Waals surface area contributed by atoms with Crippen LogP contribution in [-0.2, 0) is 24.5 Å². The van der Waals surface area contributed by atoms with Crippen molar-refractivity contribution >= 4 is 40.6 Å². The third-order valence-corrected chi connectivity index (χ3v) is 7.03. The predicted octanol–water partition coefficient (Wildman–Crippen LogP) is 3.71. The number of allylic oxidation sites excluding steroid dienone is 1. The van der Waals surface area contributed by atoms with Gasteiger partial charge in [0.1, 0.15) is 16.8 Å². The van der Waals surface area contributed by atoms with E-state index in [1.54, 1.807) is 35.2 Å². The number of halogens is 1. The number of para-hydroxylation sites is 1. The lowest BCUT2D eigenvalue weighted by atomic mass is 9.63. The number of esters is 1. The zero-order valence-electron chi connectivity index (χ0n) is 18.2. The molecule has 0 aromatic heterocycles. The van der Waals surface area contributed by atoms with E-state index in [1.807, 2.05) is 19.1 Å². The fraction of sp³-hybridized carbons (Fsp3) is 0.240. The number of aryl methyl sites for hydroxylation is 1. The number of nitrogens with zero attached hydrogens (tertiary/aromatic N) is 1. The summed E-state index contributed by atoms with van der Waals surface area (Å²) < 4.78 is 5.11. The van der Waals surface area contributed by atoms with Gasteiger partial charge in [-0.25, -0.2) is 4.79 Å². The molecular formula is C25H22ClN3O4. The van der Waals surface area contributed by atoms with Crippen LogP contribution in [0.3, 0.4) is 0 Å². The zero-order valence-corrected chi connectivity index (χ0v) is 19.0. The Morgan fingerprint density at radius 1 is 1.18 bits per heavy atom. The van der Waals surface area contributed by atoms with Gasteiger partial charge in [0.05, 0.1) is 7.11 Å². The molecule has 1 atom stereocenters. The monoisotopic (exact) mass is 463 g/mol. The molecule has 1 spiro atoms. The van der Waals surface area contributed by atoms with Crippen molar-refractivity contribution in [3.05, 3.63) is 81.3 Å². The van der Waals surface area contributed by atoms with Gasteiger partial charge in [0.25, 0.3) is 0 Å². The molecule has 5 rings (SSSR count). The van der Waals surface area contributed by atoms with E-state index in [0.29, 0.717) is 40.5 Å². The number of carbonyl (C=O) groups excluding carboxylic acids is 3. The smallest absolute Gasteiger partial charge is 0.339 e. The predicted molar refractivity (Wildman–Crippen MR) is 125 cm³/mol. The van der Waals surface area contributed by atoms with E-state index in [4.69, 9.17) is 22.1 Å². The Kier molecular flexibility index (Phi) is 4.83. The molecule has 0 fully saturated rings. The van der Waals surface area contributed by atoms with E-state index in [-0.39, 0.29) is 29.2 Å². The average Bonchev–Trinajstić information content (AvgIpc) is 3.08. The summed E-state index contributed by atoms with van der Waals surface area (Å²) in [7, 11) is 1.23. The van der Waals surface area contributed by atoms with Crippen molar-refractivity contribution in [3.8, 4) is 0 Å². The molecule has 2 heterocycles. The third kappa shape index (κ3) is 2.78. The maximum atomic E-state index is 13.7. The molecule has 0 bridgehead atoms. The fourth-order valence-corrected chi connectivity index (χ4v) is 5.35. The number of benzene rings is 2. The molecule has 1 unspecified atom stereocenters. The van der Waals surface area contributed by atoms with Crippen LogP contribution >= 0.6 is 11.6 Å². The van der Waals surface area contributed by atoms with Crippen molar-refractivity contribution in [2.45, 2.75) is 31.6 Å². The molecular weight excluding hydrogens is 442 g/mol. The summed E-state index contributed by atoms with van der Waals surface area (Å²) in [6, 6.07) is 12.4. The maximum Gasteiger partial charge on any atom is 0.339 e. The van der Waals surface area contributed by atoms with Gasteiger partial charge in [-0.15, -0.1) is 0 Å². The molecule has 33 heavy (non-hydrogen) atoms. The van der Waals surface area contributed by atoms with Crippen LogP contribution in [-0.4, -0.2) is 24.8 Å². The second kappa shape index (κ2) is 7.49. The van der Waals surface area contributed by atoms with Crippen LogP contribution in [0.15, 0.2) is 65.1 Å². The summed E-state index contributed by atoms with van der Waals surface area (Å²) in [6.45, 7) is 1.88. The van der Waals surface area contributed by atoms with E-state index in [2.05, 4.69) is 5.32 Å². The molecule has 0 saturated carbocycles. The average molecular weight is 464 g/mol. The molecule has 0 radical (unpaired) electrons. The van der Waals surface area contributed by atoms with E-state index >= 15 is 0 Å². The highest BCUT2D eigenvalue weighted by Gasteiger charge is 2.61. The normalized spacial score (nSPS) is 21.8. The molecule has 3 aliphatic rings. The fourth-order valence-electron chi connectivity index (χ4n) is 5.18. The number of fused-ring (bicyclic) bond motifs is 3. The summed E-state index contributed by atoms with van der Waals surface area (Å²) in [5.41, 5.74) is 8.34. The van der Waals surface area contributed by atoms with Gasteiger partial charge in [-0.1, -0.05) is 35.9 Å². The zero-order chi connectivity index (χ0) is 23.5. The number of nitrogens with one attached hydrogen (secondary N) is 1. The Labute approximate surface area is 195 Å². The lowest BCUT2D eigenvalue weighted by Crippen LogP contribution is -2.53. The molecule has 2 aromatic rings. The Morgan fingerprint density at radius 2 is 1.94 bits per heavy atom. The van der Waals surface area contributed by atoms with Gasteiger partial charge in [0.2, 0.25) is 5.91 Å². The number of carbonyl (C=O) groups is 3. The van der Waals surface area contributed by atoms with E-state index in [1.165, 1.54) is 7.11 Å². The van der Waals surface area contributed by atoms with Crippen molar-refractivity contribution in [3.63, 3.8) is 0 Å². The number of anilines is 2. The topological polar surface area (TPSA) is 102 Å². The van der Waals surface area contributed by atoms with E-state index in [9.17, 15) is 14.4 Å². The number of amides is 1. The number of hydrogen-bond acceptors (Lipinski definition) is 6. The lowest BCUT2D eigenvalue weighted by Gasteiger charge is -2.44. The summed E-state index contributed by atoms with van der Waals surface area (Å²) in [4.78, 5) is 42.1. The Morgan fingerprint density at radius 3 is 2.67 bits per heavy atom. The first kappa shape index (κ1) is 21.3. The first-order valence-electron chi connectivity index (χ1n) is 10.6. The highest BCUT2D eigenvalue weighted by atomic mass is 35.5. The SMILES string of the molecule is COC(=O)C1=C(N)N(c2ccc(C)c(Cl)c2)C2=C(C(=O)CCC2)C12C(=O)Nc1ccccc12. The highest BCUT2D eigenvalue weighted by Crippen LogP contribution is 2.55. The van der Waals surface area contributed by atoms with Crippen LogP contribution in [0.1, 0.15) is 30.4 Å². The number of nitrogens with two attached hydrogens (primary N) is 1. The van der Waals surface area contributed by atoms with Gasteiger partial charge < -0.3 is 15.8 Å². The third-order valence-electron chi connectivity index (χ3n) is 6.62. The van der Waals surface area contributed by atoms with E-state index in [0.717, 1.165) is 5.56 Å². The number of hydrogen-bond donors (Lipinski definition) is 2. The molecule has 1 aliphatic carbocycles. The molecule has 8 heteroatoms. The molecule has 1 amide bonds. The standard InChI is InChI=1S/C25H22ClN3O4/c1-13-10-11-14(12-16(13)26)29-18-8-5-9-19(30)20(18)25(21(22(29)27)23(31)33-2)15-6-3-4-7-17(15)28-24(25)32/h3-4,6-7,10-12H,5,8-9,27H2,1-2H3,(H,28,32). The molecule has 2 aliphatic heterocycles. The minimum absolute atomic E-state index is 0.0436. The minimum Gasteiger partial charge on any atom is -0.466 e. The van der Waals surface area contributed by atoms with Crippen LogP contribution in [0.2, 0.25) is 5.02 Å². The number of Topliss-reactive ketones (excluding diaryl/α,β-unsaturated/α-hetero) is 1. The highest BCUT2D eigenvalue weighted by molar-refractivity contribution is 6.31. The van der Waals surface area contributed by atoms with Crippen molar-refractivity contribution in [2.24, 2.45) is 5.73 Å². The van der Waals surface area contributed by atoms with Crippen LogP contribution in [0.25, 0.3) is 0 Å². The molecule has 168 valence electrons. The minimum atomic E-state index is -1.68. The van der Waals surface area contributed by atoms with Gasteiger partial charge in [-0.3, -0.25) is 14.5 Å². The summed E-state index contributed by atoms with van der Waals surface area (Å²) in [5.74, 6) is -1.41. The number of rotatable bonds is 2. The van der Waals surface area contributed by atoms with Crippen LogP contribution in [0, 0.1) is 6.92 Å². The Balaban J connectivity index is 1.90. The quantitative estimate of drug-likeness (QED) is 0.658. The summed E-state index contributed by atoms with van der Waals surface area (Å²) in [5, 5.41) is 3.37. The molecule has 2 aromatic carbocycles. The largest absolute Gasteiger partial charge is 0.466 e. The lowest BCUT2D eigenvalue weighted by molar-refractivity contribution is -0.138. The summed E-state index contributed by atoms with van der Waals surface area (Å²) >= 11 is 6.40. The second-order valence-corrected chi connectivity index (χ2v) is 8.78. The van der Waals surface area contributed by atoms with Crippen molar-refractivity contribution in [2.75, 3.05) is 17.3 Å². The van der Waals surface area contributed by atoms with E-state index < -0.39 is 17.3 Å². The van der Waals surface area contributed by atoms with Crippen molar-refractivity contribution in [1.29, 1.82) is 0 Å². The van der Waals surface area contributed by atoms with Crippen molar-refractivity contribution in [1.82, 2.24) is 0 Å². The van der Waals surface area contributed by atoms with Crippen LogP contribution < -0.4 is 16.0 Å². The first-order chi connectivity index (χ1) is 15.8. The van der Waals surface area contributed by atoms with Crippen LogP contribution in [0.5, 0.6) is 0 Å². The number of ketones is 1. The van der Waals surface area contributed by atoms with Gasteiger partial charge in [-0.05, 0) is 43.5 Å². The van der Waals surface area contributed by atoms with Gasteiger partial charge in [-0.2, -0.15) is 0 Å². The Bertz CT molecular complexity index is 1310. The van der Waals surface area contributed by atoms with Crippen molar-refractivity contribution < 1.29 is 19.1 Å². The molecule has 7 nitrogen and oxygen atoms in total. The van der Waals surface area contributed by atoms with Gasteiger partial charge in [0, 0.05) is 39.7 Å². The summed E-state index contributed by atoms with van der Waals surface area (Å²) in [6.07, 6.45) is 1.39. The maximum absolute atomic E-state index is 13.7. The van der Waals surface area contributed by atoms with Gasteiger partial charge >= 0.3 is 5.97 Å². The number of ether oxygens (including phenoxy) is 1. The Hall–Kier alpha value is -3.58. The van der Waals surface area contributed by atoms with Gasteiger partial charge in [0.15, 0.2) is 5.78 Å². The first-order valence-corrected chi connectivity index (χ1v) is 11.0. The molecule has 0 saturated heterocycles. The molecule has 3 N–H and O–H groups in total. The van der Waals surface area contributed by atoms with Crippen LogP contribution in [0.4, 0.5) is 11.4 Å². The second-order valence-electron chi connectivity index (χ2n) is 8.37. The number of methoxy groups -OCH3 is 1.